The smallest absolute Gasteiger partial charge is 0.272 e. The number of benzene rings is 1. The molecule has 158 valence electrons. The molecule has 1 N–H and O–H groups in total. The van der Waals surface area contributed by atoms with Crippen LogP contribution in [0.3, 0.4) is 0 Å². The van der Waals surface area contributed by atoms with Crippen molar-refractivity contribution in [2.24, 2.45) is 0 Å². The van der Waals surface area contributed by atoms with E-state index in [0.717, 1.165) is 35.3 Å². The van der Waals surface area contributed by atoms with Crippen molar-refractivity contribution >= 4 is 11.4 Å². The number of hydrogen-bond acceptors (Lipinski definition) is 2. The molecule has 0 bridgehead atoms. The molecule has 5 nitrogen and oxygen atoms in total. The molecule has 1 saturated carbocycles. The molecule has 3 heterocycles. The number of carbonyl (C=O) groups is 1. The van der Waals surface area contributed by atoms with E-state index < -0.39 is 0 Å². The molecule has 1 amide bonds. The van der Waals surface area contributed by atoms with Gasteiger partial charge in [-0.25, -0.2) is 9.07 Å². The third-order valence-corrected chi connectivity index (χ3v) is 6.03. The van der Waals surface area contributed by atoms with Crippen LogP contribution in [0, 0.1) is 5.82 Å². The molecule has 6 heteroatoms. The molecule has 5 rings (SSSR count). The first-order chi connectivity index (χ1) is 15.2. The lowest BCUT2D eigenvalue weighted by Crippen LogP contribution is -2.34. The number of rotatable bonds is 4. The van der Waals surface area contributed by atoms with Gasteiger partial charge in [-0.05, 0) is 60.4 Å². The maximum absolute atomic E-state index is 13.7. The Bertz CT molecular complexity index is 1220. The Hall–Kier alpha value is -3.41. The number of aromatic nitrogens is 3. The summed E-state index contributed by atoms with van der Waals surface area (Å²) in [6.45, 7) is 0. The van der Waals surface area contributed by atoms with E-state index in [2.05, 4.69) is 10.4 Å². The summed E-state index contributed by atoms with van der Waals surface area (Å²) in [4.78, 5) is 12.7. The molecule has 3 aromatic heterocycles. The molecule has 1 fully saturated rings. The van der Waals surface area contributed by atoms with Gasteiger partial charge in [0, 0.05) is 24.0 Å². The number of carbonyl (C=O) groups excluding carboxylic acids is 1. The summed E-state index contributed by atoms with van der Waals surface area (Å²) in [6.07, 6.45) is 10.7. The average Bonchev–Trinajstić information content (AvgIpc) is 3.35. The molecule has 0 atom stereocenters. The van der Waals surface area contributed by atoms with Crippen molar-refractivity contribution in [2.45, 2.75) is 44.6 Å². The Morgan fingerprint density at radius 3 is 2.58 bits per heavy atom. The lowest BCUT2D eigenvalue weighted by molar-refractivity contribution is 0.0928. The molecule has 31 heavy (non-hydrogen) atoms. The van der Waals surface area contributed by atoms with Crippen LogP contribution in [0.5, 0.6) is 0 Å². The van der Waals surface area contributed by atoms with E-state index in [1.165, 1.54) is 37.8 Å². The second kappa shape index (κ2) is 8.38. The van der Waals surface area contributed by atoms with Crippen LogP contribution in [0.1, 0.15) is 49.0 Å². The van der Waals surface area contributed by atoms with Crippen LogP contribution < -0.4 is 5.32 Å². The third kappa shape index (κ3) is 4.10. The van der Waals surface area contributed by atoms with Gasteiger partial charge in [0.25, 0.3) is 5.91 Å². The predicted octanol–water partition coefficient (Wildman–Crippen LogP) is 5.38. The van der Waals surface area contributed by atoms with E-state index in [-0.39, 0.29) is 17.8 Å². The van der Waals surface area contributed by atoms with Crippen LogP contribution in [-0.2, 0) is 0 Å². The highest BCUT2D eigenvalue weighted by molar-refractivity contribution is 5.92. The summed E-state index contributed by atoms with van der Waals surface area (Å²) in [7, 11) is 0. The number of amides is 1. The summed E-state index contributed by atoms with van der Waals surface area (Å²) in [6, 6.07) is 16.5. The maximum atomic E-state index is 13.7. The van der Waals surface area contributed by atoms with E-state index in [9.17, 15) is 9.18 Å². The van der Waals surface area contributed by atoms with Crippen molar-refractivity contribution in [3.8, 4) is 16.9 Å². The van der Waals surface area contributed by atoms with Crippen LogP contribution in [0.2, 0.25) is 0 Å². The SMILES string of the molecule is O=C(NC1CCCCCC1)c1ccn(-c2ccc3ccc(-c4cccc(F)c4)cn23)n1. The lowest BCUT2D eigenvalue weighted by atomic mass is 10.1. The van der Waals surface area contributed by atoms with Gasteiger partial charge in [-0.1, -0.05) is 43.9 Å². The molecular weight excluding hydrogens is 391 g/mol. The quantitative estimate of drug-likeness (QED) is 0.454. The lowest BCUT2D eigenvalue weighted by Gasteiger charge is -2.15. The molecule has 0 saturated heterocycles. The van der Waals surface area contributed by atoms with Crippen LogP contribution in [-0.4, -0.2) is 26.1 Å². The van der Waals surface area contributed by atoms with Crippen LogP contribution in [0.4, 0.5) is 4.39 Å². The van der Waals surface area contributed by atoms with Crippen molar-refractivity contribution < 1.29 is 9.18 Å². The fourth-order valence-corrected chi connectivity index (χ4v) is 4.37. The fourth-order valence-electron chi connectivity index (χ4n) is 4.37. The first-order valence-corrected chi connectivity index (χ1v) is 10.9. The molecular formula is C25H25FN4O. The third-order valence-electron chi connectivity index (χ3n) is 6.03. The Morgan fingerprint density at radius 1 is 0.968 bits per heavy atom. The fraction of sp³-hybridized carbons (Fsp3) is 0.280. The van der Waals surface area contributed by atoms with Gasteiger partial charge < -0.3 is 9.72 Å². The summed E-state index contributed by atoms with van der Waals surface area (Å²) in [5, 5.41) is 7.68. The first-order valence-electron chi connectivity index (χ1n) is 10.9. The average molecular weight is 417 g/mol. The predicted molar refractivity (Wildman–Crippen MR) is 119 cm³/mol. The zero-order chi connectivity index (χ0) is 21.2. The molecule has 1 aliphatic carbocycles. The number of hydrogen-bond donors (Lipinski definition) is 1. The largest absolute Gasteiger partial charge is 0.348 e. The van der Waals surface area contributed by atoms with Crippen LogP contribution in [0.25, 0.3) is 22.5 Å². The number of pyridine rings is 1. The number of halogens is 1. The number of fused-ring (bicyclic) bond motifs is 1. The van der Waals surface area contributed by atoms with Gasteiger partial charge in [0.1, 0.15) is 11.6 Å². The monoisotopic (exact) mass is 416 g/mol. The second-order valence-electron chi connectivity index (χ2n) is 8.22. The number of nitrogens with one attached hydrogen (secondary N) is 1. The Kier molecular flexibility index (Phi) is 5.28. The summed E-state index contributed by atoms with van der Waals surface area (Å²) >= 11 is 0. The molecule has 4 aromatic rings. The molecule has 0 unspecified atom stereocenters. The van der Waals surface area contributed by atoms with Gasteiger partial charge in [-0.15, -0.1) is 0 Å². The molecule has 0 radical (unpaired) electrons. The van der Waals surface area contributed by atoms with Gasteiger partial charge >= 0.3 is 0 Å². The molecule has 0 aliphatic heterocycles. The Labute approximate surface area is 180 Å². The normalized spacial score (nSPS) is 15.1. The minimum Gasteiger partial charge on any atom is -0.348 e. The first kappa shape index (κ1) is 19.5. The zero-order valence-corrected chi connectivity index (χ0v) is 17.3. The zero-order valence-electron chi connectivity index (χ0n) is 17.3. The summed E-state index contributed by atoms with van der Waals surface area (Å²) in [5.74, 6) is 0.440. The van der Waals surface area contributed by atoms with Gasteiger partial charge in [-0.3, -0.25) is 4.79 Å². The van der Waals surface area contributed by atoms with Crippen molar-refractivity contribution in [3.63, 3.8) is 0 Å². The van der Waals surface area contributed by atoms with E-state index in [1.54, 1.807) is 23.0 Å². The van der Waals surface area contributed by atoms with Crippen molar-refractivity contribution in [1.29, 1.82) is 0 Å². The highest BCUT2D eigenvalue weighted by Crippen LogP contribution is 2.24. The van der Waals surface area contributed by atoms with E-state index in [1.807, 2.05) is 40.9 Å². The topological polar surface area (TPSA) is 51.3 Å². The summed E-state index contributed by atoms with van der Waals surface area (Å²) < 4.78 is 17.4. The molecule has 1 aliphatic rings. The minimum absolute atomic E-state index is 0.119. The highest BCUT2D eigenvalue weighted by Gasteiger charge is 2.18. The summed E-state index contributed by atoms with van der Waals surface area (Å²) in [5.41, 5.74) is 3.13. The van der Waals surface area contributed by atoms with Crippen molar-refractivity contribution in [1.82, 2.24) is 19.5 Å². The van der Waals surface area contributed by atoms with Gasteiger partial charge in [0.05, 0.1) is 0 Å². The maximum Gasteiger partial charge on any atom is 0.272 e. The van der Waals surface area contributed by atoms with E-state index >= 15 is 0 Å². The van der Waals surface area contributed by atoms with Crippen molar-refractivity contribution in [3.05, 3.63) is 78.5 Å². The molecule has 0 spiro atoms. The molecule has 1 aromatic carbocycles. The van der Waals surface area contributed by atoms with E-state index in [0.29, 0.717) is 5.69 Å². The number of nitrogens with zero attached hydrogens (tertiary/aromatic N) is 3. The standard InChI is InChI=1S/C25H25FN4O/c26-20-7-5-6-18(16-20)19-10-11-22-12-13-24(29(22)17-19)30-15-14-23(28-30)25(31)27-21-8-3-1-2-4-9-21/h5-7,10-17,21H,1-4,8-9H2,(H,27,31). The van der Waals surface area contributed by atoms with Crippen LogP contribution >= 0.6 is 0 Å². The minimum atomic E-state index is -0.262. The van der Waals surface area contributed by atoms with Gasteiger partial charge in [-0.2, -0.15) is 5.10 Å². The van der Waals surface area contributed by atoms with Gasteiger partial charge in [0.15, 0.2) is 5.69 Å². The highest BCUT2D eigenvalue weighted by atomic mass is 19.1. The van der Waals surface area contributed by atoms with Gasteiger partial charge in [0.2, 0.25) is 0 Å². The Balaban J connectivity index is 1.41. The van der Waals surface area contributed by atoms with Crippen molar-refractivity contribution in [2.75, 3.05) is 0 Å². The Morgan fingerprint density at radius 2 is 1.77 bits per heavy atom. The van der Waals surface area contributed by atoms with Crippen LogP contribution in [0.15, 0.2) is 67.0 Å². The second-order valence-corrected chi connectivity index (χ2v) is 8.22. The van der Waals surface area contributed by atoms with E-state index in [4.69, 9.17) is 0 Å².